The summed E-state index contributed by atoms with van der Waals surface area (Å²) in [5, 5.41) is 35.2. The van der Waals surface area contributed by atoms with Gasteiger partial charge in [0.25, 0.3) is 0 Å². The van der Waals surface area contributed by atoms with Crippen LogP contribution < -0.4 is 12.3 Å². The van der Waals surface area contributed by atoms with Crippen molar-refractivity contribution in [3.63, 3.8) is 0 Å². The minimum atomic E-state index is -1.12. The molecule has 0 aliphatic heterocycles. The van der Waals surface area contributed by atoms with Crippen LogP contribution in [-0.2, 0) is 19.4 Å². The van der Waals surface area contributed by atoms with E-state index in [2.05, 4.69) is 9.78 Å². The lowest BCUT2D eigenvalue weighted by Gasteiger charge is -2.43. The van der Waals surface area contributed by atoms with E-state index in [-0.39, 0.29) is 80.4 Å². The maximum absolute atomic E-state index is 11.0. The summed E-state index contributed by atoms with van der Waals surface area (Å²) in [6.07, 6.45) is 12.0. The summed E-state index contributed by atoms with van der Waals surface area (Å²) in [6.45, 7) is 2.72. The lowest BCUT2D eigenvalue weighted by molar-refractivity contribution is -0.319. The van der Waals surface area contributed by atoms with Crippen LogP contribution in [0.15, 0.2) is 0 Å². The molecule has 0 saturated heterocycles. The third-order valence-corrected chi connectivity index (χ3v) is 5.26. The monoisotopic (exact) mass is 642 g/mol. The van der Waals surface area contributed by atoms with Gasteiger partial charge in [0.2, 0.25) is 0 Å². The number of carbonyl (C=O) groups is 2. The lowest BCUT2D eigenvalue weighted by Crippen LogP contribution is -2.56. The molecule has 2 unspecified atom stereocenters. The van der Waals surface area contributed by atoms with Crippen molar-refractivity contribution in [1.82, 2.24) is 22.1 Å². The Kier molecular flexibility index (Phi) is 37.0. The van der Waals surface area contributed by atoms with Crippen LogP contribution in [-0.4, -0.2) is 81.1 Å². The van der Waals surface area contributed by atoms with Gasteiger partial charge in [0.1, 0.15) is 13.5 Å². The van der Waals surface area contributed by atoms with Crippen LogP contribution in [0.2, 0.25) is 0 Å². The smallest absolute Gasteiger partial charge is 0.317 e. The van der Waals surface area contributed by atoms with Crippen molar-refractivity contribution in [2.75, 3.05) is 26.6 Å². The fraction of sp³-hybridized carbons (Fsp3) is 0.900. The van der Waals surface area contributed by atoms with E-state index in [9.17, 15) is 9.59 Å². The molecule has 222 valence electrons. The highest BCUT2D eigenvalue weighted by molar-refractivity contribution is 8.93. The zero-order chi connectivity index (χ0) is 22.8. The van der Waals surface area contributed by atoms with E-state index in [1.165, 1.54) is 48.3 Å². The fourth-order valence-electron chi connectivity index (χ4n) is 4.02. The predicted octanol–water partition coefficient (Wildman–Crippen LogP) is 6.29. The third-order valence-electron chi connectivity index (χ3n) is 5.26. The molecule has 2 rings (SSSR count). The molecule has 0 bridgehead atoms. The van der Waals surface area contributed by atoms with Crippen LogP contribution in [0.5, 0.6) is 0 Å². The number of carboxylic acid groups (broad SMARTS) is 2. The molecule has 0 aromatic heterocycles. The van der Waals surface area contributed by atoms with E-state index in [4.69, 9.17) is 20.7 Å². The molecule has 0 amide bonds. The van der Waals surface area contributed by atoms with Gasteiger partial charge < -0.3 is 22.5 Å². The maximum atomic E-state index is 11.0. The molecule has 2 fully saturated rings. The van der Waals surface area contributed by atoms with Gasteiger partial charge >= 0.3 is 11.9 Å². The summed E-state index contributed by atoms with van der Waals surface area (Å²) in [5.41, 5.74) is 0. The highest BCUT2D eigenvalue weighted by Gasteiger charge is 2.36. The molecule has 0 aromatic rings. The van der Waals surface area contributed by atoms with E-state index in [0.717, 1.165) is 12.8 Å². The van der Waals surface area contributed by atoms with Crippen molar-refractivity contribution in [2.24, 2.45) is 0 Å². The Morgan fingerprint density at radius 1 is 0.706 bits per heavy atom. The van der Waals surface area contributed by atoms with E-state index in [1.54, 1.807) is 0 Å². The molecule has 14 heteroatoms. The molecule has 2 atom stereocenters. The second-order valence-electron chi connectivity index (χ2n) is 7.34. The van der Waals surface area contributed by atoms with Crippen molar-refractivity contribution in [3.05, 3.63) is 0 Å². The summed E-state index contributed by atoms with van der Waals surface area (Å²) in [5.74, 6) is -2.23. The minimum absolute atomic E-state index is 0. The van der Waals surface area contributed by atoms with Crippen molar-refractivity contribution in [3.8, 4) is 0 Å². The SMILES string of the molecule is Br.Br.C1CCCCC1.CC.N.N.O=C(O)CN(CC(=O)O)C1CCCCC1N(COO)COO.[HH].[HH].[HH].[HH].[HH].[HH]. The van der Waals surface area contributed by atoms with Gasteiger partial charge in [-0.1, -0.05) is 65.2 Å². The van der Waals surface area contributed by atoms with Crippen molar-refractivity contribution < 1.29 is 48.7 Å². The Hall–Kier alpha value is -0.420. The molecule has 0 heterocycles. The van der Waals surface area contributed by atoms with E-state index >= 15 is 0 Å². The third kappa shape index (κ3) is 19.8. The molecule has 12 nitrogen and oxygen atoms in total. The molecule has 0 radical (unpaired) electrons. The molecule has 2 aliphatic rings. The van der Waals surface area contributed by atoms with Gasteiger partial charge in [-0.05, 0) is 12.8 Å². The van der Waals surface area contributed by atoms with E-state index in [1.807, 2.05) is 13.8 Å². The maximum Gasteiger partial charge on any atom is 0.317 e. The van der Waals surface area contributed by atoms with Gasteiger partial charge in [-0.25, -0.2) is 14.7 Å². The first-order valence-electron chi connectivity index (χ1n) is 10.9. The lowest BCUT2D eigenvalue weighted by atomic mass is 9.88. The number of halogens is 2. The Morgan fingerprint density at radius 2 is 1.00 bits per heavy atom. The Balaban J connectivity index is -0.0000000459. The fourth-order valence-corrected chi connectivity index (χ4v) is 4.02. The number of nitrogens with zero attached hydrogens (tertiary/aromatic N) is 2. The summed E-state index contributed by atoms with van der Waals surface area (Å²) < 4.78 is 0. The van der Waals surface area contributed by atoms with Crippen molar-refractivity contribution >= 4 is 45.9 Å². The van der Waals surface area contributed by atoms with Gasteiger partial charge in [0.05, 0.1) is 13.1 Å². The number of hydrogen-bond acceptors (Lipinski definition) is 10. The Morgan fingerprint density at radius 3 is 1.26 bits per heavy atom. The molecular weight excluding hydrogens is 584 g/mol. The van der Waals surface area contributed by atoms with Gasteiger partial charge in [-0.3, -0.25) is 25.0 Å². The van der Waals surface area contributed by atoms with E-state index < -0.39 is 25.0 Å². The van der Waals surface area contributed by atoms with Crippen molar-refractivity contribution in [1.29, 1.82) is 0 Å². The zero-order valence-electron chi connectivity index (χ0n) is 20.6. The minimum Gasteiger partial charge on any atom is -0.480 e. The average Bonchev–Trinajstić information content (AvgIpc) is 2.75. The first kappa shape index (κ1) is 43.6. The van der Waals surface area contributed by atoms with Crippen LogP contribution in [0.4, 0.5) is 0 Å². The van der Waals surface area contributed by atoms with Crippen LogP contribution >= 0.6 is 34.0 Å². The average molecular weight is 645 g/mol. The highest BCUT2D eigenvalue weighted by atomic mass is 79.9. The van der Waals surface area contributed by atoms with E-state index in [0.29, 0.717) is 12.8 Å². The first-order valence-corrected chi connectivity index (χ1v) is 10.9. The summed E-state index contributed by atoms with van der Waals surface area (Å²) in [4.78, 5) is 33.0. The summed E-state index contributed by atoms with van der Waals surface area (Å²) in [6, 6.07) is -0.655. The largest absolute Gasteiger partial charge is 0.480 e. The van der Waals surface area contributed by atoms with Crippen LogP contribution in [0.25, 0.3) is 0 Å². The van der Waals surface area contributed by atoms with Gasteiger partial charge in [-0.15, -0.1) is 34.0 Å². The summed E-state index contributed by atoms with van der Waals surface area (Å²) >= 11 is 0. The number of rotatable bonds is 10. The molecule has 34 heavy (non-hydrogen) atoms. The second-order valence-corrected chi connectivity index (χ2v) is 7.34. The predicted molar refractivity (Wildman–Crippen MR) is 154 cm³/mol. The summed E-state index contributed by atoms with van der Waals surface area (Å²) in [7, 11) is 0. The molecule has 0 aromatic carbocycles. The Bertz CT molecular complexity index is 457. The van der Waals surface area contributed by atoms with Gasteiger partial charge in [0, 0.05) is 20.6 Å². The zero-order valence-corrected chi connectivity index (χ0v) is 24.0. The highest BCUT2D eigenvalue weighted by Crippen LogP contribution is 2.27. The van der Waals surface area contributed by atoms with Crippen LogP contribution in [0.3, 0.4) is 0 Å². The van der Waals surface area contributed by atoms with Crippen LogP contribution in [0.1, 0.15) is 86.6 Å². The first-order chi connectivity index (χ1) is 14.5. The van der Waals surface area contributed by atoms with Gasteiger partial charge in [0.15, 0.2) is 0 Å². The topological polar surface area (TPSA) is 210 Å². The number of hydrogen-bond donors (Lipinski definition) is 6. The standard InChI is InChI=1S/C12H22N2O8.C6H12.C2H6.2BrH.2H3N.6H2/c15-11(16)5-13(6-12(17)18)9-3-1-2-4-10(9)14(7-21-19)8-22-20;1-2-4-6-5-3-1;1-2;;;;;;;;;;/h9-10,19-20H,1-8H2,(H,15,16)(H,17,18);1-6H2;1-2H3;2*1H;2*1H3;6*1H. The van der Waals surface area contributed by atoms with Gasteiger partial charge in [-0.2, -0.15) is 0 Å². The molecule has 0 spiro atoms. The quantitative estimate of drug-likeness (QED) is 0.0881. The molecule has 10 N–H and O–H groups in total. The molecular formula is C20H60Br2N4O8. The van der Waals surface area contributed by atoms with Crippen molar-refractivity contribution in [2.45, 2.75) is 90.1 Å². The van der Waals surface area contributed by atoms with Crippen LogP contribution in [0, 0.1) is 0 Å². The molecule has 2 aliphatic carbocycles. The number of carboxylic acids is 2. The second kappa shape index (κ2) is 28.8. The molecule has 2 saturated carbocycles. The Labute approximate surface area is 233 Å². The normalized spacial score (nSPS) is 18.8. The number of aliphatic carboxylic acids is 2.